The lowest BCUT2D eigenvalue weighted by atomic mass is 10.1. The van der Waals surface area contributed by atoms with Crippen LogP contribution in [0.4, 0.5) is 0 Å². The van der Waals surface area contributed by atoms with Crippen LogP contribution in [0.3, 0.4) is 0 Å². The van der Waals surface area contributed by atoms with Crippen LogP contribution in [0.25, 0.3) is 10.8 Å². The van der Waals surface area contributed by atoms with Gasteiger partial charge in [-0.05, 0) is 35.0 Å². The molecule has 6 heteroatoms. The number of nitrogens with zero attached hydrogens (tertiary/aromatic N) is 1. The fourth-order valence-electron chi connectivity index (χ4n) is 2.39. The molecule has 0 saturated heterocycles. The average Bonchev–Trinajstić information content (AvgIpc) is 2.62. The maximum atomic E-state index is 12.4. The predicted octanol–water partition coefficient (Wildman–Crippen LogP) is 4.92. The highest BCUT2D eigenvalue weighted by atomic mass is 35.5. The lowest BCUT2D eigenvalue weighted by Gasteiger charge is -2.09. The van der Waals surface area contributed by atoms with Crippen LogP contribution in [0.1, 0.15) is 15.9 Å². The first kappa shape index (κ1) is 17.3. The van der Waals surface area contributed by atoms with Crippen LogP contribution in [-0.2, 0) is 0 Å². The number of carbonyl (C=O) groups excluding carboxylic acids is 1. The van der Waals surface area contributed by atoms with Crippen LogP contribution < -0.4 is 10.2 Å². The second-order valence-electron chi connectivity index (χ2n) is 5.26. The van der Waals surface area contributed by atoms with Gasteiger partial charge in [-0.25, -0.2) is 5.43 Å². The van der Waals surface area contributed by atoms with Crippen molar-refractivity contribution < 1.29 is 9.53 Å². The van der Waals surface area contributed by atoms with Gasteiger partial charge >= 0.3 is 0 Å². The molecule has 0 saturated carbocycles. The van der Waals surface area contributed by atoms with Crippen molar-refractivity contribution in [3.63, 3.8) is 0 Å². The lowest BCUT2D eigenvalue weighted by Crippen LogP contribution is -2.18. The van der Waals surface area contributed by atoms with E-state index >= 15 is 0 Å². The summed E-state index contributed by atoms with van der Waals surface area (Å²) in [5, 5.41) is 6.88. The second-order valence-corrected chi connectivity index (χ2v) is 6.11. The third-order valence-electron chi connectivity index (χ3n) is 3.64. The standard InChI is InChI=1S/C19H14Cl2N2O2/c1-25-18-9-13-5-3-2-4-12(13)8-16(18)19(24)23-22-11-14-6-7-15(20)10-17(14)21/h2-11H,1H3,(H,23,24)/b22-11-. The molecule has 0 spiro atoms. The number of hydrogen-bond donors (Lipinski definition) is 1. The highest BCUT2D eigenvalue weighted by Crippen LogP contribution is 2.26. The molecule has 0 atom stereocenters. The summed E-state index contributed by atoms with van der Waals surface area (Å²) in [6.45, 7) is 0. The van der Waals surface area contributed by atoms with Crippen molar-refractivity contribution in [2.75, 3.05) is 7.11 Å². The Morgan fingerprint density at radius 2 is 1.80 bits per heavy atom. The minimum absolute atomic E-state index is 0.371. The smallest absolute Gasteiger partial charge is 0.275 e. The molecule has 126 valence electrons. The molecule has 0 fully saturated rings. The Kier molecular flexibility index (Phi) is 5.22. The SMILES string of the molecule is COc1cc2ccccc2cc1C(=O)N/N=C\c1ccc(Cl)cc1Cl. The number of fused-ring (bicyclic) bond motifs is 1. The van der Waals surface area contributed by atoms with Crippen LogP contribution in [-0.4, -0.2) is 19.2 Å². The number of methoxy groups -OCH3 is 1. The molecule has 3 aromatic rings. The Morgan fingerprint density at radius 1 is 1.08 bits per heavy atom. The normalized spacial score (nSPS) is 11.0. The monoisotopic (exact) mass is 372 g/mol. The quantitative estimate of drug-likeness (QED) is 0.521. The molecule has 3 rings (SSSR count). The molecule has 3 aromatic carbocycles. The molecular weight excluding hydrogens is 359 g/mol. The first-order chi connectivity index (χ1) is 12.1. The van der Waals surface area contributed by atoms with Gasteiger partial charge in [0.05, 0.1) is 23.9 Å². The maximum absolute atomic E-state index is 12.4. The van der Waals surface area contributed by atoms with Gasteiger partial charge in [0.2, 0.25) is 0 Å². The maximum Gasteiger partial charge on any atom is 0.275 e. The summed E-state index contributed by atoms with van der Waals surface area (Å²) in [4.78, 5) is 12.4. The molecule has 0 aliphatic rings. The Bertz CT molecular complexity index is 971. The van der Waals surface area contributed by atoms with E-state index in [1.807, 2.05) is 30.3 Å². The van der Waals surface area contributed by atoms with Crippen LogP contribution in [0.5, 0.6) is 5.75 Å². The van der Waals surface area contributed by atoms with Crippen molar-refractivity contribution in [2.24, 2.45) is 5.10 Å². The summed E-state index contributed by atoms with van der Waals surface area (Å²) in [5.41, 5.74) is 3.54. The lowest BCUT2D eigenvalue weighted by molar-refractivity contribution is 0.0952. The van der Waals surface area contributed by atoms with E-state index in [2.05, 4.69) is 10.5 Å². The van der Waals surface area contributed by atoms with Crippen LogP contribution in [0, 0.1) is 0 Å². The number of nitrogens with one attached hydrogen (secondary N) is 1. The van der Waals surface area contributed by atoms with Crippen LogP contribution in [0.2, 0.25) is 10.0 Å². The molecule has 0 aromatic heterocycles. The van der Waals surface area contributed by atoms with Gasteiger partial charge in [0.1, 0.15) is 5.75 Å². The zero-order chi connectivity index (χ0) is 17.8. The Hall–Kier alpha value is -2.56. The molecule has 0 radical (unpaired) electrons. The van der Waals surface area contributed by atoms with E-state index in [-0.39, 0.29) is 5.91 Å². The van der Waals surface area contributed by atoms with E-state index in [9.17, 15) is 4.79 Å². The zero-order valence-corrected chi connectivity index (χ0v) is 14.8. The fourth-order valence-corrected chi connectivity index (χ4v) is 2.85. The second kappa shape index (κ2) is 7.55. The highest BCUT2D eigenvalue weighted by Gasteiger charge is 2.13. The first-order valence-corrected chi connectivity index (χ1v) is 8.19. The molecule has 0 heterocycles. The van der Waals surface area contributed by atoms with Gasteiger partial charge in [-0.1, -0.05) is 53.5 Å². The van der Waals surface area contributed by atoms with Gasteiger partial charge < -0.3 is 4.74 Å². The highest BCUT2D eigenvalue weighted by molar-refractivity contribution is 6.36. The molecular formula is C19H14Cl2N2O2. The summed E-state index contributed by atoms with van der Waals surface area (Å²) < 4.78 is 5.32. The number of benzene rings is 3. The minimum Gasteiger partial charge on any atom is -0.496 e. The van der Waals surface area contributed by atoms with Gasteiger partial charge in [0.15, 0.2) is 0 Å². The molecule has 0 bridgehead atoms. The first-order valence-electron chi connectivity index (χ1n) is 7.44. The third-order valence-corrected chi connectivity index (χ3v) is 4.21. The fraction of sp³-hybridized carbons (Fsp3) is 0.0526. The van der Waals surface area contributed by atoms with Gasteiger partial charge in [-0.3, -0.25) is 4.79 Å². The van der Waals surface area contributed by atoms with E-state index < -0.39 is 0 Å². The summed E-state index contributed by atoms with van der Waals surface area (Å²) in [6.07, 6.45) is 1.46. The molecule has 1 N–H and O–H groups in total. The summed E-state index contributed by atoms with van der Waals surface area (Å²) >= 11 is 11.9. The summed E-state index contributed by atoms with van der Waals surface area (Å²) in [5.74, 6) is 0.111. The predicted molar refractivity (Wildman–Crippen MR) is 102 cm³/mol. The largest absolute Gasteiger partial charge is 0.496 e. The Balaban J connectivity index is 1.83. The Labute approximate surface area is 155 Å². The Morgan fingerprint density at radius 3 is 2.48 bits per heavy atom. The molecule has 0 aliphatic heterocycles. The van der Waals surface area contributed by atoms with E-state index in [0.717, 1.165) is 10.8 Å². The van der Waals surface area contributed by atoms with Crippen molar-refractivity contribution in [3.05, 3.63) is 75.8 Å². The van der Waals surface area contributed by atoms with Crippen LogP contribution in [0.15, 0.2) is 59.7 Å². The molecule has 0 aliphatic carbocycles. The number of ether oxygens (including phenoxy) is 1. The van der Waals surface area contributed by atoms with Gasteiger partial charge in [-0.2, -0.15) is 5.10 Å². The summed E-state index contributed by atoms with van der Waals surface area (Å²) in [7, 11) is 1.53. The number of rotatable bonds is 4. The number of carbonyl (C=O) groups is 1. The molecule has 25 heavy (non-hydrogen) atoms. The van der Waals surface area contributed by atoms with Gasteiger partial charge in [0, 0.05) is 10.6 Å². The van der Waals surface area contributed by atoms with Gasteiger partial charge in [0.25, 0.3) is 5.91 Å². The van der Waals surface area contributed by atoms with Crippen LogP contribution >= 0.6 is 23.2 Å². The molecule has 0 unspecified atom stereocenters. The molecule has 1 amide bonds. The van der Waals surface area contributed by atoms with E-state index in [0.29, 0.717) is 26.9 Å². The third kappa shape index (κ3) is 3.92. The summed E-state index contributed by atoms with van der Waals surface area (Å²) in [6, 6.07) is 16.4. The van der Waals surface area contributed by atoms with Crippen molar-refractivity contribution in [1.82, 2.24) is 5.43 Å². The van der Waals surface area contributed by atoms with Gasteiger partial charge in [-0.15, -0.1) is 0 Å². The van der Waals surface area contributed by atoms with Crippen molar-refractivity contribution in [2.45, 2.75) is 0 Å². The number of halogens is 2. The van der Waals surface area contributed by atoms with E-state index in [4.69, 9.17) is 27.9 Å². The number of hydrazone groups is 1. The number of hydrogen-bond acceptors (Lipinski definition) is 3. The van der Waals surface area contributed by atoms with E-state index in [1.54, 1.807) is 24.3 Å². The minimum atomic E-state index is -0.371. The topological polar surface area (TPSA) is 50.7 Å². The number of amides is 1. The average molecular weight is 373 g/mol. The van der Waals surface area contributed by atoms with Crippen molar-refractivity contribution in [1.29, 1.82) is 0 Å². The van der Waals surface area contributed by atoms with Crippen molar-refractivity contribution >= 4 is 46.1 Å². The molecule has 4 nitrogen and oxygen atoms in total. The zero-order valence-electron chi connectivity index (χ0n) is 13.3. The van der Waals surface area contributed by atoms with Crippen molar-refractivity contribution in [3.8, 4) is 5.75 Å². The van der Waals surface area contributed by atoms with E-state index in [1.165, 1.54) is 13.3 Å².